The molecular formula is C24H32N4O4. The summed E-state index contributed by atoms with van der Waals surface area (Å²) < 4.78 is 9.86. The topological polar surface area (TPSA) is 83.1 Å². The Morgan fingerprint density at radius 2 is 1.75 bits per heavy atom. The minimum atomic E-state index is -0.565. The molecule has 1 aliphatic rings. The molecule has 0 aromatic heterocycles. The van der Waals surface area contributed by atoms with E-state index in [1.165, 1.54) is 5.56 Å². The highest BCUT2D eigenvalue weighted by Crippen LogP contribution is 2.18. The van der Waals surface area contributed by atoms with Crippen molar-refractivity contribution in [3.8, 4) is 0 Å². The van der Waals surface area contributed by atoms with E-state index in [-0.39, 0.29) is 18.7 Å². The van der Waals surface area contributed by atoms with E-state index in [0.29, 0.717) is 24.5 Å². The third kappa shape index (κ3) is 7.25. The van der Waals surface area contributed by atoms with E-state index in [1.54, 1.807) is 31.4 Å². The second-order valence-corrected chi connectivity index (χ2v) is 7.88. The molecule has 0 bridgehead atoms. The molecule has 3 amide bonds. The van der Waals surface area contributed by atoms with Gasteiger partial charge in [0, 0.05) is 50.7 Å². The van der Waals surface area contributed by atoms with Gasteiger partial charge in [-0.25, -0.2) is 9.59 Å². The third-order valence-corrected chi connectivity index (χ3v) is 5.32. The molecule has 0 saturated carbocycles. The average Bonchev–Trinajstić information content (AvgIpc) is 2.95. The molecule has 3 rings (SSSR count). The summed E-state index contributed by atoms with van der Waals surface area (Å²) in [6.45, 7) is 5.94. The first kappa shape index (κ1) is 23.6. The molecule has 2 aromatic rings. The maximum atomic E-state index is 13.0. The SMILES string of the molecule is COCCOC(=O)Nc1cccc(NC(=O)N2CCCN(Cc3ccccc3)CC2C)c1. The second kappa shape index (κ2) is 12.1. The van der Waals surface area contributed by atoms with Gasteiger partial charge in [0.1, 0.15) is 6.61 Å². The van der Waals surface area contributed by atoms with Gasteiger partial charge >= 0.3 is 12.1 Å². The summed E-state index contributed by atoms with van der Waals surface area (Å²) in [6.07, 6.45) is 0.352. The zero-order chi connectivity index (χ0) is 22.8. The van der Waals surface area contributed by atoms with Gasteiger partial charge in [0.05, 0.1) is 6.61 Å². The number of benzene rings is 2. The maximum Gasteiger partial charge on any atom is 0.411 e. The number of carbonyl (C=O) groups is 2. The zero-order valence-electron chi connectivity index (χ0n) is 18.8. The first-order chi connectivity index (χ1) is 15.5. The number of methoxy groups -OCH3 is 1. The van der Waals surface area contributed by atoms with E-state index in [2.05, 4.69) is 46.7 Å². The van der Waals surface area contributed by atoms with Crippen molar-refractivity contribution in [1.82, 2.24) is 9.80 Å². The molecule has 1 fully saturated rings. The van der Waals surface area contributed by atoms with Crippen molar-refractivity contribution >= 4 is 23.5 Å². The highest BCUT2D eigenvalue weighted by atomic mass is 16.6. The lowest BCUT2D eigenvalue weighted by molar-refractivity contribution is 0.107. The molecule has 8 nitrogen and oxygen atoms in total. The fourth-order valence-electron chi connectivity index (χ4n) is 3.78. The van der Waals surface area contributed by atoms with Crippen LogP contribution in [0.25, 0.3) is 0 Å². The van der Waals surface area contributed by atoms with Crippen LogP contribution >= 0.6 is 0 Å². The fraction of sp³-hybridized carbons (Fsp3) is 0.417. The number of amides is 3. The summed E-state index contributed by atoms with van der Waals surface area (Å²) in [4.78, 5) is 29.1. The Morgan fingerprint density at radius 1 is 1.00 bits per heavy atom. The number of hydrogen-bond acceptors (Lipinski definition) is 5. The normalized spacial score (nSPS) is 16.8. The van der Waals surface area contributed by atoms with Crippen LogP contribution in [0.1, 0.15) is 18.9 Å². The van der Waals surface area contributed by atoms with Crippen molar-refractivity contribution in [2.75, 3.05) is 50.6 Å². The number of anilines is 2. The maximum absolute atomic E-state index is 13.0. The highest BCUT2D eigenvalue weighted by molar-refractivity contribution is 5.91. The lowest BCUT2D eigenvalue weighted by atomic mass is 10.2. The van der Waals surface area contributed by atoms with Crippen molar-refractivity contribution < 1.29 is 19.1 Å². The summed E-state index contributed by atoms with van der Waals surface area (Å²) in [7, 11) is 1.54. The van der Waals surface area contributed by atoms with Crippen molar-refractivity contribution in [3.63, 3.8) is 0 Å². The van der Waals surface area contributed by atoms with Gasteiger partial charge in [-0.3, -0.25) is 10.2 Å². The van der Waals surface area contributed by atoms with Crippen molar-refractivity contribution in [2.45, 2.75) is 25.9 Å². The number of nitrogens with zero attached hydrogens (tertiary/aromatic N) is 2. The molecule has 1 unspecified atom stereocenters. The molecular weight excluding hydrogens is 408 g/mol. The van der Waals surface area contributed by atoms with Crippen LogP contribution in [0.5, 0.6) is 0 Å². The van der Waals surface area contributed by atoms with E-state index >= 15 is 0 Å². The molecule has 172 valence electrons. The van der Waals surface area contributed by atoms with Gasteiger partial charge < -0.3 is 19.7 Å². The molecule has 0 spiro atoms. The lowest BCUT2D eigenvalue weighted by Gasteiger charge is -2.29. The van der Waals surface area contributed by atoms with Crippen LogP contribution in [0, 0.1) is 0 Å². The van der Waals surface area contributed by atoms with Crippen LogP contribution in [0.2, 0.25) is 0 Å². The molecule has 0 aliphatic carbocycles. The molecule has 8 heteroatoms. The Kier molecular flexibility index (Phi) is 8.89. The number of hydrogen-bond donors (Lipinski definition) is 2. The molecule has 32 heavy (non-hydrogen) atoms. The van der Waals surface area contributed by atoms with Gasteiger partial charge in [0.2, 0.25) is 0 Å². The number of urea groups is 1. The van der Waals surface area contributed by atoms with E-state index in [4.69, 9.17) is 9.47 Å². The smallest absolute Gasteiger partial charge is 0.411 e. The Bertz CT molecular complexity index is 877. The van der Waals surface area contributed by atoms with Crippen LogP contribution in [0.3, 0.4) is 0 Å². The van der Waals surface area contributed by atoms with E-state index in [1.807, 2.05) is 11.0 Å². The Hall–Kier alpha value is -3.10. The number of rotatable bonds is 7. The van der Waals surface area contributed by atoms with Crippen molar-refractivity contribution in [2.24, 2.45) is 0 Å². The van der Waals surface area contributed by atoms with Gasteiger partial charge in [0.25, 0.3) is 0 Å². The lowest BCUT2D eigenvalue weighted by Crippen LogP contribution is -2.44. The van der Waals surface area contributed by atoms with E-state index in [0.717, 1.165) is 26.1 Å². The first-order valence-corrected chi connectivity index (χ1v) is 10.9. The van der Waals surface area contributed by atoms with E-state index in [9.17, 15) is 9.59 Å². The highest BCUT2D eigenvalue weighted by Gasteiger charge is 2.25. The second-order valence-electron chi connectivity index (χ2n) is 7.88. The summed E-state index contributed by atoms with van der Waals surface area (Å²) in [5, 5.41) is 5.61. The minimum Gasteiger partial charge on any atom is -0.447 e. The predicted molar refractivity (Wildman–Crippen MR) is 125 cm³/mol. The molecule has 2 N–H and O–H groups in total. The van der Waals surface area contributed by atoms with Gasteiger partial charge in [-0.15, -0.1) is 0 Å². The van der Waals surface area contributed by atoms with E-state index < -0.39 is 6.09 Å². The van der Waals surface area contributed by atoms with Crippen LogP contribution in [-0.2, 0) is 16.0 Å². The quantitative estimate of drug-likeness (QED) is 0.636. The Labute approximate surface area is 189 Å². The average molecular weight is 441 g/mol. The molecule has 1 aliphatic heterocycles. The molecule has 1 atom stereocenters. The van der Waals surface area contributed by atoms with Crippen molar-refractivity contribution in [3.05, 3.63) is 60.2 Å². The molecule has 1 heterocycles. The summed E-state index contributed by atoms with van der Waals surface area (Å²) in [6, 6.07) is 17.4. The largest absolute Gasteiger partial charge is 0.447 e. The van der Waals surface area contributed by atoms with Gasteiger partial charge in [-0.05, 0) is 37.1 Å². The first-order valence-electron chi connectivity index (χ1n) is 10.9. The standard InChI is InChI=1S/C24H32N4O4/c1-19-17-27(18-20-8-4-3-5-9-20)12-7-13-28(19)23(29)25-21-10-6-11-22(16-21)26-24(30)32-15-14-31-2/h3-6,8-11,16,19H,7,12-15,17-18H2,1-2H3,(H,25,29)(H,26,30). The van der Waals surface area contributed by atoms with Crippen LogP contribution < -0.4 is 10.6 Å². The summed E-state index contributed by atoms with van der Waals surface area (Å²) >= 11 is 0. The summed E-state index contributed by atoms with van der Waals surface area (Å²) in [5.41, 5.74) is 2.44. The van der Waals surface area contributed by atoms with Crippen molar-refractivity contribution in [1.29, 1.82) is 0 Å². The predicted octanol–water partition coefficient (Wildman–Crippen LogP) is 4.01. The molecule has 1 saturated heterocycles. The minimum absolute atomic E-state index is 0.0817. The van der Waals surface area contributed by atoms with Crippen LogP contribution in [-0.4, -0.2) is 67.9 Å². The Morgan fingerprint density at radius 3 is 2.50 bits per heavy atom. The monoisotopic (exact) mass is 440 g/mol. The molecule has 2 aromatic carbocycles. The van der Waals surface area contributed by atoms with Crippen LogP contribution in [0.15, 0.2) is 54.6 Å². The fourth-order valence-corrected chi connectivity index (χ4v) is 3.78. The van der Waals surface area contributed by atoms with Gasteiger partial charge in [-0.2, -0.15) is 0 Å². The van der Waals surface area contributed by atoms with Crippen LogP contribution in [0.4, 0.5) is 21.0 Å². The van der Waals surface area contributed by atoms with Gasteiger partial charge in [-0.1, -0.05) is 36.4 Å². The number of carbonyl (C=O) groups excluding carboxylic acids is 2. The number of ether oxygens (including phenoxy) is 2. The zero-order valence-corrected chi connectivity index (χ0v) is 18.8. The third-order valence-electron chi connectivity index (χ3n) is 5.32. The molecule has 0 radical (unpaired) electrons. The van der Waals surface area contributed by atoms with Gasteiger partial charge in [0.15, 0.2) is 0 Å². The number of nitrogens with one attached hydrogen (secondary N) is 2. The Balaban J connectivity index is 1.54. The summed E-state index contributed by atoms with van der Waals surface area (Å²) in [5.74, 6) is 0.